The average molecular weight is 342 g/mol. The number of nitrogens with two attached hydrogens (primary N) is 1. The molecule has 1 aromatic carbocycles. The maximum atomic E-state index is 12.2. The zero-order chi connectivity index (χ0) is 14.0. The standard InChI is InChI=1S/C12H12BrN3O2S/c1-8-10(13)3-2-4-11(8)16-19(17,18)9-5-6-15-12(14)7-9/h2-7,16H,1H3,(H2,14,15). The van der Waals surface area contributed by atoms with Crippen molar-refractivity contribution < 1.29 is 8.42 Å². The first kappa shape index (κ1) is 13.8. The van der Waals surface area contributed by atoms with E-state index in [4.69, 9.17) is 5.73 Å². The Morgan fingerprint density at radius 3 is 2.74 bits per heavy atom. The summed E-state index contributed by atoms with van der Waals surface area (Å²) in [6, 6.07) is 8.01. The first-order valence-electron chi connectivity index (χ1n) is 5.39. The fraction of sp³-hybridized carbons (Fsp3) is 0.0833. The molecule has 1 heterocycles. The molecule has 2 aromatic rings. The van der Waals surface area contributed by atoms with Gasteiger partial charge in [0.2, 0.25) is 0 Å². The Balaban J connectivity index is 2.39. The Bertz CT molecular complexity index is 717. The number of anilines is 2. The molecule has 1 aromatic heterocycles. The largest absolute Gasteiger partial charge is 0.384 e. The van der Waals surface area contributed by atoms with E-state index in [0.717, 1.165) is 10.0 Å². The number of rotatable bonds is 3. The summed E-state index contributed by atoms with van der Waals surface area (Å²) < 4.78 is 27.8. The quantitative estimate of drug-likeness (QED) is 0.898. The zero-order valence-electron chi connectivity index (χ0n) is 10.1. The lowest BCUT2D eigenvalue weighted by Gasteiger charge is -2.11. The monoisotopic (exact) mass is 341 g/mol. The van der Waals surface area contributed by atoms with Crippen molar-refractivity contribution in [3.8, 4) is 0 Å². The zero-order valence-corrected chi connectivity index (χ0v) is 12.5. The summed E-state index contributed by atoms with van der Waals surface area (Å²) in [6.45, 7) is 1.82. The van der Waals surface area contributed by atoms with Crippen molar-refractivity contribution in [3.05, 3.63) is 46.6 Å². The van der Waals surface area contributed by atoms with E-state index in [0.29, 0.717) is 5.69 Å². The van der Waals surface area contributed by atoms with E-state index in [1.54, 1.807) is 12.1 Å². The van der Waals surface area contributed by atoms with E-state index in [-0.39, 0.29) is 10.7 Å². The van der Waals surface area contributed by atoms with E-state index >= 15 is 0 Å². The SMILES string of the molecule is Cc1c(Br)cccc1NS(=O)(=O)c1ccnc(N)c1. The summed E-state index contributed by atoms with van der Waals surface area (Å²) >= 11 is 3.36. The van der Waals surface area contributed by atoms with Gasteiger partial charge >= 0.3 is 0 Å². The van der Waals surface area contributed by atoms with Crippen LogP contribution in [0.4, 0.5) is 11.5 Å². The minimum Gasteiger partial charge on any atom is -0.384 e. The molecule has 0 atom stereocenters. The first-order valence-corrected chi connectivity index (χ1v) is 7.67. The number of pyridine rings is 1. The fourth-order valence-corrected chi connectivity index (χ4v) is 3.03. The maximum absolute atomic E-state index is 12.2. The number of halogens is 1. The number of sulfonamides is 1. The molecular weight excluding hydrogens is 330 g/mol. The third-order valence-electron chi connectivity index (χ3n) is 2.57. The van der Waals surface area contributed by atoms with Crippen molar-refractivity contribution in [2.24, 2.45) is 0 Å². The van der Waals surface area contributed by atoms with E-state index < -0.39 is 10.0 Å². The molecule has 0 aliphatic carbocycles. The summed E-state index contributed by atoms with van der Waals surface area (Å²) in [6.07, 6.45) is 1.36. The summed E-state index contributed by atoms with van der Waals surface area (Å²) in [5.41, 5.74) is 6.82. The van der Waals surface area contributed by atoms with Gasteiger partial charge in [0.15, 0.2) is 0 Å². The lowest BCUT2D eigenvalue weighted by Crippen LogP contribution is -2.14. The highest BCUT2D eigenvalue weighted by Gasteiger charge is 2.16. The van der Waals surface area contributed by atoms with Gasteiger partial charge in [-0.3, -0.25) is 4.72 Å². The van der Waals surface area contributed by atoms with Crippen LogP contribution in [-0.2, 0) is 10.0 Å². The Labute approximate surface area is 120 Å². The molecule has 0 aliphatic heterocycles. The molecule has 2 rings (SSSR count). The molecule has 0 bridgehead atoms. The second-order valence-corrected chi connectivity index (χ2v) is 6.47. The van der Waals surface area contributed by atoms with Gasteiger partial charge in [-0.05, 0) is 30.7 Å². The van der Waals surface area contributed by atoms with Gasteiger partial charge in [0.1, 0.15) is 5.82 Å². The van der Waals surface area contributed by atoms with Crippen LogP contribution < -0.4 is 10.5 Å². The van der Waals surface area contributed by atoms with Crippen LogP contribution in [0.2, 0.25) is 0 Å². The summed E-state index contributed by atoms with van der Waals surface area (Å²) in [7, 11) is -3.67. The van der Waals surface area contributed by atoms with Crippen molar-refractivity contribution in [2.75, 3.05) is 10.5 Å². The number of aromatic nitrogens is 1. The topological polar surface area (TPSA) is 85.1 Å². The van der Waals surface area contributed by atoms with Crippen molar-refractivity contribution >= 4 is 37.5 Å². The van der Waals surface area contributed by atoms with Crippen LogP contribution >= 0.6 is 15.9 Å². The van der Waals surface area contributed by atoms with E-state index in [1.165, 1.54) is 18.3 Å². The molecule has 0 saturated heterocycles. The molecule has 0 unspecified atom stereocenters. The predicted molar refractivity (Wildman–Crippen MR) is 78.3 cm³/mol. The minimum absolute atomic E-state index is 0.0828. The van der Waals surface area contributed by atoms with Gasteiger partial charge in [-0.1, -0.05) is 22.0 Å². The van der Waals surface area contributed by atoms with Crippen LogP contribution in [0.1, 0.15) is 5.56 Å². The number of benzene rings is 1. The molecule has 7 heteroatoms. The van der Waals surface area contributed by atoms with Crippen molar-refractivity contribution in [1.29, 1.82) is 0 Å². The molecule has 0 saturated carbocycles. The van der Waals surface area contributed by atoms with E-state index in [9.17, 15) is 8.42 Å². The molecule has 0 fully saturated rings. The second-order valence-electron chi connectivity index (χ2n) is 3.93. The normalized spacial score (nSPS) is 11.3. The lowest BCUT2D eigenvalue weighted by atomic mass is 10.2. The number of hydrogen-bond donors (Lipinski definition) is 2. The smallest absolute Gasteiger partial charge is 0.262 e. The van der Waals surface area contributed by atoms with E-state index in [2.05, 4.69) is 25.6 Å². The van der Waals surface area contributed by atoms with Crippen molar-refractivity contribution in [2.45, 2.75) is 11.8 Å². The van der Waals surface area contributed by atoms with Crippen LogP contribution in [0.15, 0.2) is 45.9 Å². The van der Waals surface area contributed by atoms with Gasteiger partial charge in [0, 0.05) is 16.7 Å². The number of nitrogens with zero attached hydrogens (tertiary/aromatic N) is 1. The van der Waals surface area contributed by atoms with Gasteiger partial charge in [-0.15, -0.1) is 0 Å². The third-order valence-corrected chi connectivity index (χ3v) is 4.80. The van der Waals surface area contributed by atoms with Crippen LogP contribution in [-0.4, -0.2) is 13.4 Å². The van der Waals surface area contributed by atoms with Gasteiger partial charge in [-0.2, -0.15) is 0 Å². The molecule has 19 heavy (non-hydrogen) atoms. The molecule has 5 nitrogen and oxygen atoms in total. The highest BCUT2D eigenvalue weighted by molar-refractivity contribution is 9.10. The molecular formula is C12H12BrN3O2S. The lowest BCUT2D eigenvalue weighted by molar-refractivity contribution is 0.601. The molecule has 0 radical (unpaired) electrons. The Morgan fingerprint density at radius 1 is 1.32 bits per heavy atom. The molecule has 0 spiro atoms. The Kier molecular flexibility index (Phi) is 3.77. The van der Waals surface area contributed by atoms with Gasteiger partial charge in [0.25, 0.3) is 10.0 Å². The van der Waals surface area contributed by atoms with Crippen LogP contribution in [0.25, 0.3) is 0 Å². The average Bonchev–Trinajstić information content (AvgIpc) is 2.35. The highest BCUT2D eigenvalue weighted by Crippen LogP contribution is 2.25. The molecule has 100 valence electrons. The van der Waals surface area contributed by atoms with E-state index in [1.807, 2.05) is 13.0 Å². The summed E-state index contributed by atoms with van der Waals surface area (Å²) in [5, 5.41) is 0. The maximum Gasteiger partial charge on any atom is 0.262 e. The minimum atomic E-state index is -3.67. The number of nitrogen functional groups attached to an aromatic ring is 1. The van der Waals surface area contributed by atoms with Crippen molar-refractivity contribution in [1.82, 2.24) is 4.98 Å². The van der Waals surface area contributed by atoms with Gasteiger partial charge in [-0.25, -0.2) is 13.4 Å². The van der Waals surface area contributed by atoms with Gasteiger partial charge < -0.3 is 5.73 Å². The van der Waals surface area contributed by atoms with Gasteiger partial charge in [0.05, 0.1) is 10.6 Å². The number of hydrogen-bond acceptors (Lipinski definition) is 4. The van der Waals surface area contributed by atoms with Crippen LogP contribution in [0.3, 0.4) is 0 Å². The molecule has 0 amide bonds. The van der Waals surface area contributed by atoms with Crippen LogP contribution in [0.5, 0.6) is 0 Å². The third kappa shape index (κ3) is 3.05. The van der Waals surface area contributed by atoms with Crippen LogP contribution in [0, 0.1) is 6.92 Å². The second kappa shape index (κ2) is 5.18. The Morgan fingerprint density at radius 2 is 2.05 bits per heavy atom. The van der Waals surface area contributed by atoms with Crippen molar-refractivity contribution in [3.63, 3.8) is 0 Å². The molecule has 0 aliphatic rings. The predicted octanol–water partition coefficient (Wildman–Crippen LogP) is 2.54. The molecule has 3 N–H and O–H groups in total. The summed E-state index contributed by atoms with van der Waals surface area (Å²) in [5.74, 6) is 0.161. The fourth-order valence-electron chi connectivity index (χ4n) is 1.52. The Hall–Kier alpha value is -1.60. The highest BCUT2D eigenvalue weighted by atomic mass is 79.9. The first-order chi connectivity index (χ1) is 8.90. The number of nitrogens with one attached hydrogen (secondary N) is 1. The summed E-state index contributed by atoms with van der Waals surface area (Å²) in [4.78, 5) is 3.85.